The lowest BCUT2D eigenvalue weighted by Crippen LogP contribution is -2.43. The van der Waals surface area contributed by atoms with Gasteiger partial charge in [-0.2, -0.15) is 0 Å². The van der Waals surface area contributed by atoms with Crippen LogP contribution < -0.4 is 15.2 Å². The van der Waals surface area contributed by atoms with Crippen molar-refractivity contribution in [3.63, 3.8) is 0 Å². The second-order valence-electron chi connectivity index (χ2n) is 5.16. The summed E-state index contributed by atoms with van der Waals surface area (Å²) in [5, 5.41) is 0. The average Bonchev–Trinajstić information content (AvgIpc) is 2.27. The lowest BCUT2D eigenvalue weighted by Gasteiger charge is -2.39. The zero-order valence-corrected chi connectivity index (χ0v) is 12.7. The van der Waals surface area contributed by atoms with Crippen molar-refractivity contribution in [1.82, 2.24) is 0 Å². The molecule has 1 aliphatic rings. The van der Waals surface area contributed by atoms with Crippen LogP contribution in [0.15, 0.2) is 16.6 Å². The van der Waals surface area contributed by atoms with E-state index < -0.39 is 0 Å². The van der Waals surface area contributed by atoms with Crippen LogP contribution >= 0.6 is 15.9 Å². The zero-order chi connectivity index (χ0) is 13.3. The maximum Gasteiger partial charge on any atom is 0.161 e. The van der Waals surface area contributed by atoms with Gasteiger partial charge in [0.05, 0.1) is 13.2 Å². The number of benzene rings is 1. The van der Waals surface area contributed by atoms with Crippen LogP contribution in [0.5, 0.6) is 11.5 Å². The molecule has 0 saturated heterocycles. The molecule has 2 N–H and O–H groups in total. The Balaban J connectivity index is 2.41. The molecule has 100 valence electrons. The highest BCUT2D eigenvalue weighted by Gasteiger charge is 2.36. The van der Waals surface area contributed by atoms with E-state index in [0.717, 1.165) is 34.4 Å². The van der Waals surface area contributed by atoms with Gasteiger partial charge in [-0.3, -0.25) is 0 Å². The maximum absolute atomic E-state index is 6.39. The monoisotopic (exact) mass is 313 g/mol. The van der Waals surface area contributed by atoms with Crippen molar-refractivity contribution in [3.8, 4) is 11.5 Å². The van der Waals surface area contributed by atoms with Crippen molar-refractivity contribution in [2.24, 2.45) is 5.73 Å². The molecule has 2 rings (SSSR count). The quantitative estimate of drug-likeness (QED) is 0.924. The molecule has 0 aromatic heterocycles. The number of rotatable bonds is 4. The number of hydrogen-bond acceptors (Lipinski definition) is 3. The molecule has 0 unspecified atom stereocenters. The van der Waals surface area contributed by atoms with Gasteiger partial charge in [-0.25, -0.2) is 0 Å². The Labute approximate surface area is 117 Å². The summed E-state index contributed by atoms with van der Waals surface area (Å²) < 4.78 is 12.1. The molecular weight excluding hydrogens is 294 g/mol. The minimum absolute atomic E-state index is 0.114. The lowest BCUT2D eigenvalue weighted by molar-refractivity contribution is 0.224. The molecule has 4 heteroatoms. The number of methoxy groups -OCH3 is 1. The Hall–Kier alpha value is -0.740. The van der Waals surface area contributed by atoms with Crippen molar-refractivity contribution in [2.45, 2.75) is 44.8 Å². The van der Waals surface area contributed by atoms with Gasteiger partial charge in [-0.1, -0.05) is 15.9 Å². The van der Waals surface area contributed by atoms with Crippen LogP contribution in [0.4, 0.5) is 0 Å². The normalized spacial score (nSPS) is 17.4. The van der Waals surface area contributed by atoms with Crippen molar-refractivity contribution >= 4 is 15.9 Å². The Morgan fingerprint density at radius 3 is 2.39 bits per heavy atom. The van der Waals surface area contributed by atoms with Gasteiger partial charge >= 0.3 is 0 Å². The molecule has 3 nitrogen and oxygen atoms in total. The van der Waals surface area contributed by atoms with E-state index in [-0.39, 0.29) is 11.6 Å². The van der Waals surface area contributed by atoms with Crippen LogP contribution in [0, 0.1) is 0 Å². The minimum atomic E-state index is -0.208. The molecule has 0 radical (unpaired) electrons. The third kappa shape index (κ3) is 2.50. The molecule has 1 aromatic carbocycles. The van der Waals surface area contributed by atoms with Crippen LogP contribution in [-0.4, -0.2) is 13.2 Å². The highest BCUT2D eigenvalue weighted by atomic mass is 79.9. The molecule has 0 amide bonds. The van der Waals surface area contributed by atoms with Gasteiger partial charge in [-0.15, -0.1) is 0 Å². The van der Waals surface area contributed by atoms with Crippen LogP contribution in [0.25, 0.3) is 0 Å². The lowest BCUT2D eigenvalue weighted by atomic mass is 9.73. The molecule has 18 heavy (non-hydrogen) atoms. The van der Waals surface area contributed by atoms with Crippen molar-refractivity contribution in [3.05, 3.63) is 22.2 Å². The molecule has 0 heterocycles. The first-order valence-corrected chi connectivity index (χ1v) is 7.09. The van der Waals surface area contributed by atoms with E-state index in [1.54, 1.807) is 7.11 Å². The third-order valence-electron chi connectivity index (χ3n) is 3.40. The summed E-state index contributed by atoms with van der Waals surface area (Å²) in [6.45, 7) is 4.01. The molecule has 1 aliphatic carbocycles. The molecule has 0 atom stereocenters. The second kappa shape index (κ2) is 5.10. The molecule has 0 bridgehead atoms. The molecule has 1 saturated carbocycles. The van der Waals surface area contributed by atoms with E-state index in [1.165, 1.54) is 6.42 Å². The summed E-state index contributed by atoms with van der Waals surface area (Å²) in [4.78, 5) is 0. The summed E-state index contributed by atoms with van der Waals surface area (Å²) in [6.07, 6.45) is 3.36. The highest BCUT2D eigenvalue weighted by Crippen LogP contribution is 2.45. The van der Waals surface area contributed by atoms with Crippen LogP contribution in [-0.2, 0) is 5.54 Å². The Morgan fingerprint density at radius 1 is 1.28 bits per heavy atom. The van der Waals surface area contributed by atoms with Crippen molar-refractivity contribution in [2.75, 3.05) is 7.11 Å². The number of hydrogen-bond donors (Lipinski definition) is 1. The van der Waals surface area contributed by atoms with E-state index in [0.29, 0.717) is 0 Å². The second-order valence-corrected chi connectivity index (χ2v) is 6.01. The van der Waals surface area contributed by atoms with Crippen LogP contribution in [0.2, 0.25) is 0 Å². The number of nitrogens with two attached hydrogens (primary N) is 1. The van der Waals surface area contributed by atoms with Crippen LogP contribution in [0.1, 0.15) is 38.7 Å². The van der Waals surface area contributed by atoms with Gasteiger partial charge in [0.25, 0.3) is 0 Å². The third-order valence-corrected chi connectivity index (χ3v) is 4.05. The van der Waals surface area contributed by atoms with Gasteiger partial charge in [-0.05, 0) is 50.8 Å². The fourth-order valence-electron chi connectivity index (χ4n) is 2.25. The Morgan fingerprint density at radius 2 is 1.94 bits per heavy atom. The molecule has 0 aliphatic heterocycles. The first-order valence-electron chi connectivity index (χ1n) is 6.30. The molecule has 0 spiro atoms. The predicted molar refractivity (Wildman–Crippen MR) is 76.2 cm³/mol. The summed E-state index contributed by atoms with van der Waals surface area (Å²) in [6, 6.07) is 3.96. The average molecular weight is 314 g/mol. The van der Waals surface area contributed by atoms with E-state index in [2.05, 4.69) is 15.9 Å². The minimum Gasteiger partial charge on any atom is -0.493 e. The number of halogens is 1. The van der Waals surface area contributed by atoms with Gasteiger partial charge < -0.3 is 15.2 Å². The van der Waals surface area contributed by atoms with Gasteiger partial charge in [0.15, 0.2) is 11.5 Å². The van der Waals surface area contributed by atoms with E-state index in [1.807, 2.05) is 26.0 Å². The van der Waals surface area contributed by atoms with Crippen molar-refractivity contribution < 1.29 is 9.47 Å². The summed E-state index contributed by atoms with van der Waals surface area (Å²) in [5.74, 6) is 1.50. The van der Waals surface area contributed by atoms with E-state index >= 15 is 0 Å². The van der Waals surface area contributed by atoms with Gasteiger partial charge in [0.2, 0.25) is 0 Å². The largest absolute Gasteiger partial charge is 0.493 e. The van der Waals surface area contributed by atoms with Crippen LogP contribution in [0.3, 0.4) is 0 Å². The first-order chi connectivity index (χ1) is 8.46. The highest BCUT2D eigenvalue weighted by molar-refractivity contribution is 9.10. The first kappa shape index (κ1) is 13.7. The number of ether oxygens (including phenoxy) is 2. The van der Waals surface area contributed by atoms with E-state index in [9.17, 15) is 0 Å². The molecule has 1 fully saturated rings. The summed E-state index contributed by atoms with van der Waals surface area (Å²) in [7, 11) is 1.65. The predicted octanol–water partition coefficient (Wildman–Crippen LogP) is 3.58. The molecular formula is C14H20BrNO2. The maximum atomic E-state index is 6.39. The van der Waals surface area contributed by atoms with Crippen molar-refractivity contribution in [1.29, 1.82) is 0 Å². The van der Waals surface area contributed by atoms with E-state index in [4.69, 9.17) is 15.2 Å². The standard InChI is InChI=1S/C14H20BrNO2/c1-9(2)18-13-7-10(14(16)5-4-6-14)11(15)8-12(13)17-3/h7-9H,4-6,16H2,1-3H3. The topological polar surface area (TPSA) is 44.5 Å². The Kier molecular flexibility index (Phi) is 3.87. The smallest absolute Gasteiger partial charge is 0.161 e. The summed E-state index contributed by atoms with van der Waals surface area (Å²) in [5.41, 5.74) is 7.30. The SMILES string of the molecule is COc1cc(Br)c(C2(N)CCC2)cc1OC(C)C. The van der Waals surface area contributed by atoms with Gasteiger partial charge in [0.1, 0.15) is 0 Å². The fourth-order valence-corrected chi connectivity index (χ4v) is 2.97. The van der Waals surface area contributed by atoms with Gasteiger partial charge in [0, 0.05) is 10.0 Å². The Bertz CT molecular complexity index is 442. The molecule has 1 aromatic rings. The zero-order valence-electron chi connectivity index (χ0n) is 11.1. The summed E-state index contributed by atoms with van der Waals surface area (Å²) >= 11 is 3.58. The fraction of sp³-hybridized carbons (Fsp3) is 0.571.